The third kappa shape index (κ3) is 3.64. The fraction of sp³-hybridized carbons (Fsp3) is 0.0606. The van der Waals surface area contributed by atoms with E-state index in [0.29, 0.717) is 5.75 Å². The van der Waals surface area contributed by atoms with Crippen LogP contribution in [-0.2, 0) is 0 Å². The van der Waals surface area contributed by atoms with Crippen LogP contribution in [0.25, 0.3) is 11.3 Å². The van der Waals surface area contributed by atoms with E-state index in [-0.39, 0.29) is 6.67 Å². The molecule has 0 N–H and O–H groups in total. The summed E-state index contributed by atoms with van der Waals surface area (Å²) >= 11 is -3.30. The van der Waals surface area contributed by atoms with Crippen molar-refractivity contribution in [3.63, 3.8) is 0 Å². The predicted molar refractivity (Wildman–Crippen MR) is 158 cm³/mol. The molecule has 0 saturated carbocycles. The molecular formula is C33H27GeN3O. The van der Waals surface area contributed by atoms with Crippen LogP contribution in [0.2, 0.25) is 0 Å². The van der Waals surface area contributed by atoms with Crippen LogP contribution in [0.15, 0.2) is 134 Å². The van der Waals surface area contributed by atoms with Gasteiger partial charge in [-0.15, -0.1) is 0 Å². The Kier molecular flexibility index (Phi) is 4.80. The molecule has 5 heteroatoms. The molecule has 0 bridgehead atoms. The van der Waals surface area contributed by atoms with Crippen molar-refractivity contribution in [2.45, 2.75) is 0 Å². The van der Waals surface area contributed by atoms with Gasteiger partial charge in [-0.3, -0.25) is 0 Å². The number of nitrogens with zero attached hydrogens (tertiary/aromatic N) is 3. The molecule has 5 aromatic rings. The van der Waals surface area contributed by atoms with Crippen molar-refractivity contribution < 1.29 is 8.85 Å². The molecule has 0 amide bonds. The summed E-state index contributed by atoms with van der Waals surface area (Å²) in [5.74, 6) is 1.42. The van der Waals surface area contributed by atoms with E-state index in [1.165, 1.54) is 22.5 Å². The van der Waals surface area contributed by atoms with Crippen molar-refractivity contribution in [3.05, 3.63) is 134 Å². The number of pyridine rings is 1. The molecule has 0 radical (unpaired) electrons. The van der Waals surface area contributed by atoms with Crippen LogP contribution in [0.5, 0.6) is 11.5 Å². The summed E-state index contributed by atoms with van der Waals surface area (Å²) in [6.45, 7) is -1.91. The number of aromatic nitrogens is 1. The first kappa shape index (κ1) is 19.8. The summed E-state index contributed by atoms with van der Waals surface area (Å²) in [6, 6.07) is 40.3. The van der Waals surface area contributed by atoms with Crippen LogP contribution >= 0.6 is 0 Å². The van der Waals surface area contributed by atoms with Crippen molar-refractivity contribution in [1.29, 1.82) is 0 Å². The molecule has 4 aromatic carbocycles. The molecule has 0 saturated heterocycles. The second-order valence-corrected chi connectivity index (χ2v) is 17.4. The molecule has 0 atom stereocenters. The number of rotatable bonds is 5. The number of benzene rings is 4. The van der Waals surface area contributed by atoms with Gasteiger partial charge in [0.1, 0.15) is 0 Å². The van der Waals surface area contributed by atoms with E-state index in [1.54, 1.807) is 12.4 Å². The molecule has 184 valence electrons. The first-order chi connectivity index (χ1) is 19.9. The van der Waals surface area contributed by atoms with E-state index >= 15 is 0 Å². The maximum absolute atomic E-state index is 7.68. The van der Waals surface area contributed by atoms with Gasteiger partial charge in [0.25, 0.3) is 0 Å². The fourth-order valence-electron chi connectivity index (χ4n) is 5.79. The summed E-state index contributed by atoms with van der Waals surface area (Å²) in [6.07, 6.45) is 5.25. The van der Waals surface area contributed by atoms with Gasteiger partial charge in [-0.2, -0.15) is 0 Å². The first-order valence-corrected chi connectivity index (χ1v) is 16.9. The van der Waals surface area contributed by atoms with Gasteiger partial charge in [0.15, 0.2) is 0 Å². The summed E-state index contributed by atoms with van der Waals surface area (Å²) < 4.78 is 34.9. The fourth-order valence-corrected chi connectivity index (χ4v) is 16.5. The Morgan fingerprint density at radius 2 is 1.50 bits per heavy atom. The number of anilines is 1. The van der Waals surface area contributed by atoms with Crippen molar-refractivity contribution in [2.75, 3.05) is 18.5 Å². The van der Waals surface area contributed by atoms with Crippen LogP contribution in [0.4, 0.5) is 5.69 Å². The van der Waals surface area contributed by atoms with Gasteiger partial charge in [0.05, 0.1) is 0 Å². The van der Waals surface area contributed by atoms with Gasteiger partial charge >= 0.3 is 226 Å². The zero-order chi connectivity index (χ0) is 28.0. The number of ether oxygens (including phenoxy) is 1. The van der Waals surface area contributed by atoms with Crippen LogP contribution in [0.3, 0.4) is 0 Å². The van der Waals surface area contributed by atoms with E-state index in [9.17, 15) is 0 Å². The topological polar surface area (TPSA) is 28.6 Å². The molecule has 1 aromatic heterocycles. The standard InChI is InChI=1S/C33H27GeN3O/c1-36-20-21-37(24-36)27-14-8-15-28(22-27)38-29-17-18-31-30(23-29)33-32(16-9-19-35-33)34(31,25-10-4-2-5-11-25)26-12-6-3-7-13-26/h2-23H,24H2,1H3/i1D3. The van der Waals surface area contributed by atoms with Gasteiger partial charge < -0.3 is 0 Å². The first-order valence-electron chi connectivity index (χ1n) is 14.2. The zero-order valence-electron chi connectivity index (χ0n) is 23.7. The van der Waals surface area contributed by atoms with Gasteiger partial charge in [-0.25, -0.2) is 0 Å². The molecular weight excluding hydrogens is 527 g/mol. The molecule has 0 spiro atoms. The number of hydrogen-bond acceptors (Lipinski definition) is 4. The third-order valence-electron chi connectivity index (χ3n) is 7.39. The molecule has 3 heterocycles. The molecule has 38 heavy (non-hydrogen) atoms. The normalized spacial score (nSPS) is 16.4. The van der Waals surface area contributed by atoms with E-state index in [1.807, 2.05) is 35.4 Å². The summed E-state index contributed by atoms with van der Waals surface area (Å²) in [4.78, 5) is 8.14. The van der Waals surface area contributed by atoms with Crippen molar-refractivity contribution in [3.8, 4) is 22.8 Å². The number of hydrogen-bond donors (Lipinski definition) is 0. The minimum absolute atomic E-state index is 0.258. The third-order valence-corrected chi connectivity index (χ3v) is 17.6. The SMILES string of the molecule is [2H]C([2H])([2H])N1C=CN(c2cccc(Oc3cc[c]4c(c3)-c3nccc[c]3[Ge]4([c]3ccccc3)[c]3ccccc3)c2)C1. The second kappa shape index (κ2) is 9.23. The Labute approximate surface area is 230 Å². The van der Waals surface area contributed by atoms with E-state index in [2.05, 4.69) is 91.0 Å². The monoisotopic (exact) mass is 558 g/mol. The zero-order valence-corrected chi connectivity index (χ0v) is 22.8. The predicted octanol–water partition coefficient (Wildman–Crippen LogP) is 4.41. The quantitative estimate of drug-likeness (QED) is 0.294. The Morgan fingerprint density at radius 1 is 0.737 bits per heavy atom. The summed E-state index contributed by atoms with van der Waals surface area (Å²) in [5.41, 5.74) is 3.01. The van der Waals surface area contributed by atoms with Crippen molar-refractivity contribution in [2.24, 2.45) is 0 Å². The average Bonchev–Trinajstić information content (AvgIpc) is 3.61. The van der Waals surface area contributed by atoms with Crippen molar-refractivity contribution >= 4 is 36.5 Å². The van der Waals surface area contributed by atoms with E-state index in [0.717, 1.165) is 22.7 Å². The molecule has 0 fully saturated rings. The Hall–Kier alpha value is -4.29. The van der Waals surface area contributed by atoms with Crippen LogP contribution in [0.1, 0.15) is 4.11 Å². The van der Waals surface area contributed by atoms with Gasteiger partial charge in [-0.1, -0.05) is 0 Å². The Bertz CT molecular complexity index is 1720. The molecule has 0 unspecified atom stereocenters. The Morgan fingerprint density at radius 3 is 2.24 bits per heavy atom. The molecule has 2 aliphatic heterocycles. The van der Waals surface area contributed by atoms with Crippen LogP contribution in [0, 0.1) is 0 Å². The summed E-state index contributed by atoms with van der Waals surface area (Å²) in [7, 11) is 0. The molecule has 0 aliphatic carbocycles. The van der Waals surface area contributed by atoms with Crippen molar-refractivity contribution in [1.82, 2.24) is 9.88 Å². The van der Waals surface area contributed by atoms with Gasteiger partial charge in [0.2, 0.25) is 0 Å². The second-order valence-electron chi connectivity index (χ2n) is 9.57. The van der Waals surface area contributed by atoms with E-state index in [4.69, 9.17) is 13.8 Å². The van der Waals surface area contributed by atoms with Gasteiger partial charge in [-0.05, 0) is 0 Å². The minimum atomic E-state index is -3.30. The molecule has 4 nitrogen and oxygen atoms in total. The van der Waals surface area contributed by atoms with E-state index < -0.39 is 20.2 Å². The molecule has 2 aliphatic rings. The number of fused-ring (bicyclic) bond motifs is 3. The van der Waals surface area contributed by atoms with Crippen LogP contribution in [-0.4, -0.2) is 36.8 Å². The summed E-state index contributed by atoms with van der Waals surface area (Å²) in [5, 5.41) is 0. The van der Waals surface area contributed by atoms with Crippen LogP contribution < -0.4 is 27.2 Å². The molecule has 7 rings (SSSR count). The Balaban J connectivity index is 1.29. The average molecular weight is 557 g/mol. The van der Waals surface area contributed by atoms with Gasteiger partial charge in [0, 0.05) is 4.11 Å². The maximum atomic E-state index is 7.68.